The van der Waals surface area contributed by atoms with Crippen LogP contribution in [0, 0.1) is 13.8 Å². The van der Waals surface area contributed by atoms with Gasteiger partial charge >= 0.3 is 0 Å². The zero-order valence-electron chi connectivity index (χ0n) is 14.1. The molecule has 0 radical (unpaired) electrons. The molecule has 0 atom stereocenters. The van der Waals surface area contributed by atoms with E-state index in [1.54, 1.807) is 11.8 Å². The molecule has 0 saturated heterocycles. The molecule has 0 aromatic heterocycles. The fourth-order valence-corrected chi connectivity index (χ4v) is 3.01. The van der Waals surface area contributed by atoms with Gasteiger partial charge < -0.3 is 4.74 Å². The van der Waals surface area contributed by atoms with Gasteiger partial charge in [-0.25, -0.2) is 0 Å². The SMILES string of the molecule is CCCSCC(=O)c1ccc(OCc2ccc(C)cc2)c(C)c1. The molecule has 0 bridgehead atoms. The highest BCUT2D eigenvalue weighted by atomic mass is 32.2. The molecular weight excluding hydrogens is 304 g/mol. The van der Waals surface area contributed by atoms with Gasteiger partial charge in [-0.05, 0) is 55.3 Å². The molecule has 0 heterocycles. The van der Waals surface area contributed by atoms with E-state index >= 15 is 0 Å². The number of carbonyl (C=O) groups is 1. The Labute approximate surface area is 143 Å². The van der Waals surface area contributed by atoms with Crippen LogP contribution in [0.5, 0.6) is 5.75 Å². The van der Waals surface area contributed by atoms with Crippen LogP contribution in [0.25, 0.3) is 0 Å². The van der Waals surface area contributed by atoms with E-state index in [9.17, 15) is 4.79 Å². The molecule has 0 unspecified atom stereocenters. The molecule has 23 heavy (non-hydrogen) atoms. The molecule has 2 aromatic rings. The second-order valence-corrected chi connectivity index (χ2v) is 6.84. The van der Waals surface area contributed by atoms with Gasteiger partial charge in [0, 0.05) is 5.56 Å². The summed E-state index contributed by atoms with van der Waals surface area (Å²) in [7, 11) is 0. The van der Waals surface area contributed by atoms with Gasteiger partial charge in [-0.15, -0.1) is 0 Å². The summed E-state index contributed by atoms with van der Waals surface area (Å²) < 4.78 is 5.88. The van der Waals surface area contributed by atoms with Crippen molar-refractivity contribution in [3.8, 4) is 5.75 Å². The number of hydrogen-bond donors (Lipinski definition) is 0. The van der Waals surface area contributed by atoms with Crippen molar-refractivity contribution in [1.29, 1.82) is 0 Å². The van der Waals surface area contributed by atoms with Crippen molar-refractivity contribution < 1.29 is 9.53 Å². The van der Waals surface area contributed by atoms with Gasteiger partial charge in [0.05, 0.1) is 5.75 Å². The number of ketones is 1. The van der Waals surface area contributed by atoms with Crippen molar-refractivity contribution in [3.63, 3.8) is 0 Å². The predicted molar refractivity (Wildman–Crippen MR) is 98.6 cm³/mol. The fourth-order valence-electron chi connectivity index (χ4n) is 2.22. The van der Waals surface area contributed by atoms with E-state index in [0.717, 1.165) is 34.6 Å². The van der Waals surface area contributed by atoms with Gasteiger partial charge in [0.2, 0.25) is 0 Å². The summed E-state index contributed by atoms with van der Waals surface area (Å²) in [5.74, 6) is 2.61. The number of carbonyl (C=O) groups excluding carboxylic acids is 1. The zero-order chi connectivity index (χ0) is 16.7. The Morgan fingerprint density at radius 3 is 2.48 bits per heavy atom. The second-order valence-electron chi connectivity index (χ2n) is 5.73. The number of thioether (sulfide) groups is 1. The molecule has 0 amide bonds. The molecule has 2 aromatic carbocycles. The molecule has 122 valence electrons. The van der Waals surface area contributed by atoms with Gasteiger partial charge in [0.25, 0.3) is 0 Å². The zero-order valence-corrected chi connectivity index (χ0v) is 14.9. The maximum atomic E-state index is 12.1. The first-order chi connectivity index (χ1) is 11.1. The third kappa shape index (κ3) is 5.43. The largest absolute Gasteiger partial charge is 0.489 e. The summed E-state index contributed by atoms with van der Waals surface area (Å²) >= 11 is 1.69. The summed E-state index contributed by atoms with van der Waals surface area (Å²) in [6.45, 7) is 6.73. The molecule has 0 N–H and O–H groups in total. The summed E-state index contributed by atoms with van der Waals surface area (Å²) in [5, 5.41) is 0. The van der Waals surface area contributed by atoms with E-state index in [0.29, 0.717) is 12.4 Å². The first kappa shape index (κ1) is 17.6. The molecule has 0 aliphatic rings. The highest BCUT2D eigenvalue weighted by Crippen LogP contribution is 2.21. The van der Waals surface area contributed by atoms with Crippen LogP contribution in [0.3, 0.4) is 0 Å². The Balaban J connectivity index is 1.96. The van der Waals surface area contributed by atoms with Crippen LogP contribution < -0.4 is 4.74 Å². The van der Waals surface area contributed by atoms with Gasteiger partial charge in [0.15, 0.2) is 5.78 Å². The Hall–Kier alpha value is -1.74. The monoisotopic (exact) mass is 328 g/mol. The molecule has 0 aliphatic carbocycles. The van der Waals surface area contributed by atoms with Crippen LogP contribution in [0.4, 0.5) is 0 Å². The van der Waals surface area contributed by atoms with E-state index in [1.165, 1.54) is 5.56 Å². The topological polar surface area (TPSA) is 26.3 Å². The maximum absolute atomic E-state index is 12.1. The minimum atomic E-state index is 0.191. The second kappa shape index (κ2) is 8.78. The molecule has 3 heteroatoms. The first-order valence-corrected chi connectivity index (χ1v) is 9.15. The highest BCUT2D eigenvalue weighted by Gasteiger charge is 2.09. The predicted octanol–water partition coefficient (Wildman–Crippen LogP) is 5.21. The van der Waals surface area contributed by atoms with Gasteiger partial charge in [-0.1, -0.05) is 36.8 Å². The molecule has 2 rings (SSSR count). The van der Waals surface area contributed by atoms with Gasteiger partial charge in [0.1, 0.15) is 12.4 Å². The molecule has 0 aliphatic heterocycles. The number of benzene rings is 2. The minimum Gasteiger partial charge on any atom is -0.489 e. The smallest absolute Gasteiger partial charge is 0.172 e. The van der Waals surface area contributed by atoms with Crippen LogP contribution in [0.15, 0.2) is 42.5 Å². The van der Waals surface area contributed by atoms with Crippen molar-refractivity contribution in [2.45, 2.75) is 33.8 Å². The molecular formula is C20H24O2S. The normalized spacial score (nSPS) is 10.6. The number of ether oxygens (including phenoxy) is 1. The van der Waals surface area contributed by atoms with Crippen LogP contribution >= 0.6 is 11.8 Å². The summed E-state index contributed by atoms with van der Waals surface area (Å²) in [5.41, 5.74) is 4.16. The van der Waals surface area contributed by atoms with E-state index in [2.05, 4.69) is 38.1 Å². The lowest BCUT2D eigenvalue weighted by atomic mass is 10.1. The molecule has 0 fully saturated rings. The van der Waals surface area contributed by atoms with Crippen LogP contribution in [-0.4, -0.2) is 17.3 Å². The Kier molecular flexibility index (Phi) is 6.72. The average molecular weight is 328 g/mol. The van der Waals surface area contributed by atoms with Gasteiger partial charge in [-0.2, -0.15) is 11.8 Å². The molecule has 0 saturated carbocycles. The summed E-state index contributed by atoms with van der Waals surface area (Å²) in [6, 6.07) is 14.0. The lowest BCUT2D eigenvalue weighted by molar-refractivity contribution is 0.102. The number of Topliss-reactive ketones (excluding diaryl/α,β-unsaturated/α-hetero) is 1. The maximum Gasteiger partial charge on any atom is 0.172 e. The van der Waals surface area contributed by atoms with Crippen molar-refractivity contribution in [2.75, 3.05) is 11.5 Å². The summed E-state index contributed by atoms with van der Waals surface area (Å²) in [4.78, 5) is 12.1. The van der Waals surface area contributed by atoms with Crippen molar-refractivity contribution in [1.82, 2.24) is 0 Å². The standard InChI is InChI=1S/C20H24O2S/c1-4-11-23-14-19(21)18-9-10-20(16(3)12-18)22-13-17-7-5-15(2)6-8-17/h5-10,12H,4,11,13-14H2,1-3H3. The first-order valence-electron chi connectivity index (χ1n) is 8.00. The van der Waals surface area contributed by atoms with Crippen LogP contribution in [0.2, 0.25) is 0 Å². The average Bonchev–Trinajstić information content (AvgIpc) is 2.55. The van der Waals surface area contributed by atoms with Crippen molar-refractivity contribution in [2.24, 2.45) is 0 Å². The Bertz CT molecular complexity index is 647. The van der Waals surface area contributed by atoms with Crippen molar-refractivity contribution >= 4 is 17.5 Å². The quantitative estimate of drug-likeness (QED) is 0.491. The van der Waals surface area contributed by atoms with E-state index in [-0.39, 0.29) is 5.78 Å². The van der Waals surface area contributed by atoms with Gasteiger partial charge in [-0.3, -0.25) is 4.79 Å². The highest BCUT2D eigenvalue weighted by molar-refractivity contribution is 7.99. The van der Waals surface area contributed by atoms with E-state index in [1.807, 2.05) is 25.1 Å². The van der Waals surface area contributed by atoms with Crippen LogP contribution in [-0.2, 0) is 6.61 Å². The van der Waals surface area contributed by atoms with Crippen molar-refractivity contribution in [3.05, 3.63) is 64.7 Å². The Morgan fingerprint density at radius 2 is 1.83 bits per heavy atom. The third-order valence-corrected chi connectivity index (χ3v) is 4.76. The Morgan fingerprint density at radius 1 is 1.09 bits per heavy atom. The lowest BCUT2D eigenvalue weighted by Gasteiger charge is -2.11. The lowest BCUT2D eigenvalue weighted by Crippen LogP contribution is -2.04. The third-order valence-electron chi connectivity index (χ3n) is 3.59. The number of hydrogen-bond acceptors (Lipinski definition) is 3. The molecule has 2 nitrogen and oxygen atoms in total. The van der Waals surface area contributed by atoms with E-state index < -0.39 is 0 Å². The fraction of sp³-hybridized carbons (Fsp3) is 0.350. The minimum absolute atomic E-state index is 0.191. The number of rotatable bonds is 8. The van der Waals surface area contributed by atoms with E-state index in [4.69, 9.17) is 4.74 Å². The molecule has 0 spiro atoms. The van der Waals surface area contributed by atoms with Crippen LogP contribution in [0.1, 0.15) is 40.4 Å². The summed E-state index contributed by atoms with van der Waals surface area (Å²) in [6.07, 6.45) is 1.10. The number of aryl methyl sites for hydroxylation is 2.